The lowest BCUT2D eigenvalue weighted by Crippen LogP contribution is -2.40. The van der Waals surface area contributed by atoms with E-state index in [0.29, 0.717) is 12.4 Å². The van der Waals surface area contributed by atoms with Crippen molar-refractivity contribution in [3.8, 4) is 5.75 Å². The minimum Gasteiger partial charge on any atom is -0.489 e. The number of fused-ring (bicyclic) bond motifs is 1. The minimum absolute atomic E-state index is 0.198. The van der Waals surface area contributed by atoms with Gasteiger partial charge in [0.05, 0.1) is 6.61 Å². The Balaban J connectivity index is 2.16. The Hall–Kier alpha value is -2.14. The lowest BCUT2D eigenvalue weighted by molar-refractivity contribution is -0.146. The van der Waals surface area contributed by atoms with E-state index in [4.69, 9.17) is 9.47 Å². The van der Waals surface area contributed by atoms with Crippen LogP contribution in [-0.2, 0) is 9.53 Å². The summed E-state index contributed by atoms with van der Waals surface area (Å²) in [5.74, 6) is 0.352. The van der Waals surface area contributed by atoms with Crippen LogP contribution in [0.4, 0.5) is 0 Å². The van der Waals surface area contributed by atoms with Gasteiger partial charge in [-0.1, -0.05) is 18.2 Å². The second-order valence-electron chi connectivity index (χ2n) is 4.68. The van der Waals surface area contributed by atoms with Crippen molar-refractivity contribution in [1.82, 2.24) is 10.3 Å². The Morgan fingerprint density at radius 1 is 1.33 bits per heavy atom. The number of rotatable bonds is 6. The topological polar surface area (TPSA) is 60.5 Å². The summed E-state index contributed by atoms with van der Waals surface area (Å²) in [5, 5.41) is 3.91. The number of aromatic nitrogens is 1. The number of carbonyl (C=O) groups excluding carboxylic acids is 1. The highest BCUT2D eigenvalue weighted by Gasteiger charge is 2.18. The highest BCUT2D eigenvalue weighted by Crippen LogP contribution is 2.24. The van der Waals surface area contributed by atoms with E-state index in [1.54, 1.807) is 14.0 Å². The van der Waals surface area contributed by atoms with Crippen molar-refractivity contribution in [2.75, 3.05) is 20.3 Å². The summed E-state index contributed by atoms with van der Waals surface area (Å²) in [7, 11) is 1.70. The molecule has 1 aromatic carbocycles. The third kappa shape index (κ3) is 3.70. The molecule has 2 rings (SSSR count). The number of para-hydroxylation sites is 1. The number of pyridine rings is 1. The van der Waals surface area contributed by atoms with Crippen molar-refractivity contribution < 1.29 is 14.3 Å². The number of nitrogens with zero attached hydrogens (tertiary/aromatic N) is 1. The molecule has 5 nitrogen and oxygen atoms in total. The molecule has 1 atom stereocenters. The lowest BCUT2D eigenvalue weighted by Gasteiger charge is -2.16. The summed E-state index contributed by atoms with van der Waals surface area (Å²) in [4.78, 5) is 16.2. The summed E-state index contributed by atoms with van der Waals surface area (Å²) in [6.45, 7) is 4.27. The van der Waals surface area contributed by atoms with E-state index in [9.17, 15) is 4.79 Å². The first-order chi connectivity index (χ1) is 10.2. The van der Waals surface area contributed by atoms with Crippen molar-refractivity contribution in [2.24, 2.45) is 0 Å². The smallest absolute Gasteiger partial charge is 0.326 e. The van der Waals surface area contributed by atoms with Crippen LogP contribution in [0, 0.1) is 6.92 Å². The van der Waals surface area contributed by atoms with Crippen LogP contribution < -0.4 is 10.1 Å². The summed E-state index contributed by atoms with van der Waals surface area (Å²) in [6.07, 6.45) is 0. The van der Waals surface area contributed by atoms with E-state index in [1.165, 1.54) is 0 Å². The molecule has 0 aliphatic rings. The molecule has 0 saturated carbocycles. The fraction of sp³-hybridized carbons (Fsp3) is 0.375. The number of esters is 1. The molecule has 21 heavy (non-hydrogen) atoms. The van der Waals surface area contributed by atoms with Crippen molar-refractivity contribution in [3.63, 3.8) is 0 Å². The van der Waals surface area contributed by atoms with Gasteiger partial charge in [-0.05, 0) is 33.0 Å². The monoisotopic (exact) mass is 288 g/mol. The number of aryl methyl sites for hydroxylation is 1. The van der Waals surface area contributed by atoms with Gasteiger partial charge >= 0.3 is 5.97 Å². The number of nitrogens with one attached hydrogen (secondary N) is 1. The van der Waals surface area contributed by atoms with Gasteiger partial charge in [-0.15, -0.1) is 0 Å². The van der Waals surface area contributed by atoms with Crippen molar-refractivity contribution >= 4 is 16.9 Å². The Kier molecular flexibility index (Phi) is 5.11. The first-order valence-electron chi connectivity index (χ1n) is 6.98. The largest absolute Gasteiger partial charge is 0.489 e. The predicted molar refractivity (Wildman–Crippen MR) is 81.5 cm³/mol. The molecule has 112 valence electrons. The van der Waals surface area contributed by atoms with E-state index >= 15 is 0 Å². The Morgan fingerprint density at radius 2 is 2.14 bits per heavy atom. The highest BCUT2D eigenvalue weighted by atomic mass is 16.5. The number of hydrogen-bond donors (Lipinski definition) is 1. The molecule has 0 amide bonds. The van der Waals surface area contributed by atoms with Gasteiger partial charge in [-0.3, -0.25) is 4.79 Å². The molecule has 0 aliphatic heterocycles. The van der Waals surface area contributed by atoms with Gasteiger partial charge in [-0.2, -0.15) is 0 Å². The molecule has 1 unspecified atom stereocenters. The Bertz CT molecular complexity index is 628. The average molecular weight is 288 g/mol. The maximum Gasteiger partial charge on any atom is 0.326 e. The maximum atomic E-state index is 11.7. The van der Waals surface area contributed by atoms with Crippen LogP contribution in [0.3, 0.4) is 0 Å². The first kappa shape index (κ1) is 15.3. The predicted octanol–water partition coefficient (Wildman–Crippen LogP) is 2.07. The van der Waals surface area contributed by atoms with Crippen LogP contribution >= 0.6 is 0 Å². The lowest BCUT2D eigenvalue weighted by atomic mass is 10.2. The second-order valence-corrected chi connectivity index (χ2v) is 4.68. The van der Waals surface area contributed by atoms with Crippen LogP contribution in [0.5, 0.6) is 5.75 Å². The zero-order valence-corrected chi connectivity index (χ0v) is 12.6. The van der Waals surface area contributed by atoms with Gasteiger partial charge in [0, 0.05) is 11.1 Å². The normalized spacial score (nSPS) is 12.1. The number of hydrogen-bond acceptors (Lipinski definition) is 5. The van der Waals surface area contributed by atoms with E-state index in [1.807, 2.05) is 37.3 Å². The SMILES string of the molecule is CCOC(=O)C(COc1cccc2ccc(C)nc12)NC. The van der Waals surface area contributed by atoms with Crippen LogP contribution in [0.2, 0.25) is 0 Å². The molecular formula is C16H20N2O3. The Labute approximate surface area is 124 Å². The van der Waals surface area contributed by atoms with Crippen LogP contribution in [0.15, 0.2) is 30.3 Å². The van der Waals surface area contributed by atoms with Crippen molar-refractivity contribution in [2.45, 2.75) is 19.9 Å². The van der Waals surface area contributed by atoms with Gasteiger partial charge in [0.1, 0.15) is 23.9 Å². The molecule has 2 aromatic rings. The van der Waals surface area contributed by atoms with E-state index in [2.05, 4.69) is 10.3 Å². The van der Waals surface area contributed by atoms with Gasteiger partial charge in [0.15, 0.2) is 0 Å². The van der Waals surface area contributed by atoms with Gasteiger partial charge in [-0.25, -0.2) is 4.98 Å². The maximum absolute atomic E-state index is 11.7. The summed E-state index contributed by atoms with van der Waals surface area (Å²) in [6, 6.07) is 9.22. The van der Waals surface area contributed by atoms with Crippen LogP contribution in [-0.4, -0.2) is 37.3 Å². The number of likely N-dealkylation sites (N-methyl/N-ethyl adjacent to an activating group) is 1. The fourth-order valence-electron chi connectivity index (χ4n) is 2.02. The molecule has 1 heterocycles. The standard InChI is InChI=1S/C16H20N2O3/c1-4-20-16(19)13(17-3)10-21-14-7-5-6-12-9-8-11(2)18-15(12)14/h5-9,13,17H,4,10H2,1-3H3. The second kappa shape index (κ2) is 7.04. The summed E-state index contributed by atoms with van der Waals surface area (Å²) < 4.78 is 10.8. The molecule has 0 saturated heterocycles. The van der Waals surface area contributed by atoms with Gasteiger partial charge < -0.3 is 14.8 Å². The number of benzene rings is 1. The Morgan fingerprint density at radius 3 is 2.86 bits per heavy atom. The first-order valence-corrected chi connectivity index (χ1v) is 6.98. The molecule has 0 radical (unpaired) electrons. The molecule has 0 spiro atoms. The molecule has 1 N–H and O–H groups in total. The number of carbonyl (C=O) groups is 1. The van der Waals surface area contributed by atoms with Crippen molar-refractivity contribution in [3.05, 3.63) is 36.0 Å². The zero-order chi connectivity index (χ0) is 15.2. The summed E-state index contributed by atoms with van der Waals surface area (Å²) >= 11 is 0. The van der Waals surface area contributed by atoms with E-state index in [0.717, 1.165) is 16.6 Å². The van der Waals surface area contributed by atoms with Gasteiger partial charge in [0.2, 0.25) is 0 Å². The molecule has 0 bridgehead atoms. The molecule has 5 heteroatoms. The zero-order valence-electron chi connectivity index (χ0n) is 12.6. The van der Waals surface area contributed by atoms with E-state index in [-0.39, 0.29) is 12.6 Å². The summed E-state index contributed by atoms with van der Waals surface area (Å²) in [5.41, 5.74) is 1.73. The van der Waals surface area contributed by atoms with Crippen LogP contribution in [0.25, 0.3) is 10.9 Å². The molecule has 0 fully saturated rings. The third-order valence-electron chi connectivity index (χ3n) is 3.15. The third-order valence-corrected chi connectivity index (χ3v) is 3.15. The quantitative estimate of drug-likeness (QED) is 0.825. The van der Waals surface area contributed by atoms with Gasteiger partial charge in [0.25, 0.3) is 0 Å². The highest BCUT2D eigenvalue weighted by molar-refractivity contribution is 5.84. The van der Waals surface area contributed by atoms with Crippen molar-refractivity contribution in [1.29, 1.82) is 0 Å². The van der Waals surface area contributed by atoms with E-state index < -0.39 is 6.04 Å². The fourth-order valence-corrected chi connectivity index (χ4v) is 2.02. The number of ether oxygens (including phenoxy) is 2. The average Bonchev–Trinajstić information content (AvgIpc) is 2.48. The molecular weight excluding hydrogens is 268 g/mol. The van der Waals surface area contributed by atoms with Crippen LogP contribution in [0.1, 0.15) is 12.6 Å². The molecule has 0 aliphatic carbocycles. The molecule has 1 aromatic heterocycles. The minimum atomic E-state index is -0.495.